The summed E-state index contributed by atoms with van der Waals surface area (Å²) in [6, 6.07) is 14.2. The molecule has 1 aliphatic rings. The van der Waals surface area contributed by atoms with E-state index in [4.69, 9.17) is 6.57 Å². The third-order valence-electron chi connectivity index (χ3n) is 4.29. The Morgan fingerprint density at radius 3 is 2.48 bits per heavy atom. The third-order valence-corrected chi connectivity index (χ3v) is 5.81. The summed E-state index contributed by atoms with van der Waals surface area (Å²) in [5.41, 5.74) is 3.60. The number of carbonyl (C=O) groups is 2. The number of thiophene rings is 1. The van der Waals surface area contributed by atoms with Gasteiger partial charge in [0.1, 0.15) is 12.3 Å². The molecule has 4 nitrogen and oxygen atoms in total. The molecule has 3 aromatic rings. The van der Waals surface area contributed by atoms with E-state index in [-0.39, 0.29) is 18.1 Å². The van der Waals surface area contributed by atoms with E-state index in [1.807, 2.05) is 17.5 Å². The van der Waals surface area contributed by atoms with E-state index < -0.39 is 0 Å². The predicted molar refractivity (Wildman–Crippen MR) is 110 cm³/mol. The molecule has 1 aromatic heterocycles. The van der Waals surface area contributed by atoms with Crippen molar-refractivity contribution in [1.29, 1.82) is 0 Å². The van der Waals surface area contributed by atoms with Gasteiger partial charge in [0.2, 0.25) is 5.78 Å². The molecule has 0 radical (unpaired) electrons. The van der Waals surface area contributed by atoms with E-state index in [0.29, 0.717) is 27.4 Å². The zero-order valence-electron chi connectivity index (χ0n) is 13.9. The van der Waals surface area contributed by atoms with Crippen molar-refractivity contribution in [3.63, 3.8) is 0 Å². The van der Waals surface area contributed by atoms with E-state index >= 15 is 0 Å². The maximum absolute atomic E-state index is 12.9. The fourth-order valence-corrected chi connectivity index (χ4v) is 4.32. The molecule has 0 atom stereocenters. The average Bonchev–Trinajstić information content (AvgIpc) is 3.14. The van der Waals surface area contributed by atoms with Gasteiger partial charge in [-0.1, -0.05) is 40.2 Å². The minimum absolute atomic E-state index is 0.0333. The molecule has 27 heavy (non-hydrogen) atoms. The maximum atomic E-state index is 12.9. The summed E-state index contributed by atoms with van der Waals surface area (Å²) in [4.78, 5) is 33.7. The van der Waals surface area contributed by atoms with Crippen LogP contribution < -0.4 is 0 Å². The molecule has 0 N–H and O–H groups in total. The number of hydrogen-bond donors (Lipinski definition) is 0. The van der Waals surface area contributed by atoms with Crippen molar-refractivity contribution in [3.8, 4) is 11.1 Å². The number of benzene rings is 2. The number of carbonyl (C=O) groups excluding carboxylic acids is 2. The number of rotatable bonds is 3. The Hall–Kier alpha value is -2.88. The van der Waals surface area contributed by atoms with Crippen molar-refractivity contribution in [2.24, 2.45) is 4.99 Å². The first-order valence-corrected chi connectivity index (χ1v) is 9.73. The first-order chi connectivity index (χ1) is 13.1. The van der Waals surface area contributed by atoms with Gasteiger partial charge in [-0.3, -0.25) is 14.6 Å². The van der Waals surface area contributed by atoms with Crippen LogP contribution in [0.4, 0.5) is 5.69 Å². The first kappa shape index (κ1) is 17.5. The maximum Gasteiger partial charge on any atom is 0.212 e. The highest BCUT2D eigenvalue weighted by molar-refractivity contribution is 9.10. The molecule has 0 saturated heterocycles. The summed E-state index contributed by atoms with van der Waals surface area (Å²) in [6.07, 6.45) is 0. The second-order valence-electron chi connectivity index (χ2n) is 5.94. The lowest BCUT2D eigenvalue weighted by Crippen LogP contribution is -2.24. The van der Waals surface area contributed by atoms with Gasteiger partial charge in [-0.05, 0) is 29.8 Å². The molecular weight excluding hydrogens is 424 g/mol. The minimum Gasteiger partial charge on any atom is -0.292 e. The SMILES string of the molecule is [C-]#[N+]c1ccc(-c2csc3c2C(=O)CN=C3C(=O)c2ccc(Br)cc2)cc1. The number of Topliss-reactive ketones (excluding diaryl/α,β-unsaturated/α-hetero) is 2. The van der Waals surface area contributed by atoms with Crippen molar-refractivity contribution in [3.05, 3.63) is 85.8 Å². The summed E-state index contributed by atoms with van der Waals surface area (Å²) in [5, 5.41) is 1.88. The highest BCUT2D eigenvalue weighted by Gasteiger charge is 2.30. The molecule has 1 aliphatic heterocycles. The highest BCUT2D eigenvalue weighted by atomic mass is 79.9. The minimum atomic E-state index is -0.187. The third kappa shape index (κ3) is 3.16. The van der Waals surface area contributed by atoms with Crippen LogP contribution in [0.25, 0.3) is 16.0 Å². The second-order valence-corrected chi connectivity index (χ2v) is 7.73. The van der Waals surface area contributed by atoms with Gasteiger partial charge in [-0.2, -0.15) is 0 Å². The zero-order valence-corrected chi connectivity index (χ0v) is 16.3. The van der Waals surface area contributed by atoms with Crippen LogP contribution in [0, 0.1) is 6.57 Å². The Morgan fingerprint density at radius 2 is 1.81 bits per heavy atom. The van der Waals surface area contributed by atoms with Crippen LogP contribution in [0.1, 0.15) is 25.6 Å². The fraction of sp³-hybridized carbons (Fsp3) is 0.0476. The molecule has 130 valence electrons. The molecule has 0 saturated carbocycles. The summed E-state index contributed by atoms with van der Waals surface area (Å²) >= 11 is 4.71. The number of halogens is 1. The van der Waals surface area contributed by atoms with Crippen LogP contribution >= 0.6 is 27.3 Å². The molecule has 0 spiro atoms. The number of hydrogen-bond acceptors (Lipinski definition) is 4. The van der Waals surface area contributed by atoms with E-state index in [2.05, 4.69) is 25.8 Å². The summed E-state index contributed by atoms with van der Waals surface area (Å²) in [7, 11) is 0. The summed E-state index contributed by atoms with van der Waals surface area (Å²) in [6.45, 7) is 7.02. The number of nitrogens with zero attached hydrogens (tertiary/aromatic N) is 2. The van der Waals surface area contributed by atoms with Crippen LogP contribution in [-0.2, 0) is 0 Å². The van der Waals surface area contributed by atoms with Crippen molar-refractivity contribution >= 4 is 50.2 Å². The predicted octanol–water partition coefficient (Wildman–Crippen LogP) is 5.60. The Morgan fingerprint density at radius 1 is 1.11 bits per heavy atom. The molecule has 0 bridgehead atoms. The van der Waals surface area contributed by atoms with Gasteiger partial charge in [-0.15, -0.1) is 11.3 Å². The van der Waals surface area contributed by atoms with E-state index in [0.717, 1.165) is 15.6 Å². The van der Waals surface area contributed by atoms with Gasteiger partial charge in [-0.25, -0.2) is 4.85 Å². The largest absolute Gasteiger partial charge is 0.292 e. The summed E-state index contributed by atoms with van der Waals surface area (Å²) < 4.78 is 0.891. The quantitative estimate of drug-likeness (QED) is 0.398. The van der Waals surface area contributed by atoms with Gasteiger partial charge in [0, 0.05) is 26.5 Å². The van der Waals surface area contributed by atoms with Crippen molar-refractivity contribution in [2.45, 2.75) is 0 Å². The molecule has 0 amide bonds. The summed E-state index contributed by atoms with van der Waals surface area (Å²) in [5.74, 6) is -0.282. The normalized spacial score (nSPS) is 12.9. The van der Waals surface area contributed by atoms with Gasteiger partial charge in [0.15, 0.2) is 11.5 Å². The molecular formula is C21H11BrN2O2S. The Kier molecular flexibility index (Phi) is 4.56. The monoisotopic (exact) mass is 434 g/mol. The van der Waals surface area contributed by atoms with Gasteiger partial charge in [0.05, 0.1) is 11.4 Å². The molecule has 2 heterocycles. The highest BCUT2D eigenvalue weighted by Crippen LogP contribution is 2.36. The second kappa shape index (κ2) is 7.03. The molecule has 0 fully saturated rings. The van der Waals surface area contributed by atoms with Gasteiger partial charge >= 0.3 is 0 Å². The number of ketones is 2. The molecule has 6 heteroatoms. The standard InChI is InChI=1S/C21H11BrN2O2S/c1-23-15-8-4-12(5-9-15)16-11-27-21-18(16)17(25)10-24-19(21)20(26)13-2-6-14(22)7-3-13/h2-9,11H,10H2. The lowest BCUT2D eigenvalue weighted by Gasteiger charge is -2.13. The first-order valence-electron chi connectivity index (χ1n) is 8.06. The Balaban J connectivity index is 1.77. The Labute approximate surface area is 168 Å². The molecule has 4 rings (SSSR count). The zero-order chi connectivity index (χ0) is 19.0. The molecule has 2 aromatic carbocycles. The van der Waals surface area contributed by atoms with Crippen LogP contribution in [0.3, 0.4) is 0 Å². The van der Waals surface area contributed by atoms with E-state index in [9.17, 15) is 9.59 Å². The van der Waals surface area contributed by atoms with E-state index in [1.54, 1.807) is 36.4 Å². The van der Waals surface area contributed by atoms with Crippen LogP contribution in [0.15, 0.2) is 63.4 Å². The lowest BCUT2D eigenvalue weighted by atomic mass is 9.94. The fourth-order valence-electron chi connectivity index (χ4n) is 2.95. The number of fused-ring (bicyclic) bond motifs is 1. The van der Waals surface area contributed by atoms with Gasteiger partial charge in [0.25, 0.3) is 0 Å². The smallest absolute Gasteiger partial charge is 0.212 e. The van der Waals surface area contributed by atoms with Crippen molar-refractivity contribution < 1.29 is 9.59 Å². The van der Waals surface area contributed by atoms with E-state index in [1.165, 1.54) is 11.3 Å². The van der Waals surface area contributed by atoms with Crippen LogP contribution in [0.2, 0.25) is 0 Å². The average molecular weight is 435 g/mol. The van der Waals surface area contributed by atoms with Gasteiger partial charge < -0.3 is 0 Å². The topological polar surface area (TPSA) is 50.9 Å². The van der Waals surface area contributed by atoms with Crippen LogP contribution in [-0.4, -0.2) is 23.8 Å². The molecule has 0 unspecified atom stereocenters. The Bertz CT molecular complexity index is 1140. The lowest BCUT2D eigenvalue weighted by molar-refractivity contribution is 0.100. The van der Waals surface area contributed by atoms with Crippen molar-refractivity contribution in [2.75, 3.05) is 6.54 Å². The van der Waals surface area contributed by atoms with Crippen molar-refractivity contribution in [1.82, 2.24) is 0 Å². The number of aliphatic imine (C=N–C) groups is 1. The molecule has 0 aliphatic carbocycles. The van der Waals surface area contributed by atoms with Crippen LogP contribution in [0.5, 0.6) is 0 Å².